The van der Waals surface area contributed by atoms with Crippen LogP contribution in [0.4, 0.5) is 5.69 Å². The van der Waals surface area contributed by atoms with Crippen LogP contribution in [-0.4, -0.2) is 24.4 Å². The maximum atomic E-state index is 12.3. The van der Waals surface area contributed by atoms with Crippen molar-refractivity contribution in [3.63, 3.8) is 0 Å². The van der Waals surface area contributed by atoms with Crippen molar-refractivity contribution < 1.29 is 9.59 Å². The number of nitrogens with one attached hydrogen (secondary N) is 2. The van der Waals surface area contributed by atoms with Gasteiger partial charge in [0.25, 0.3) is 5.91 Å². The topological polar surface area (TPSA) is 84.2 Å². The van der Waals surface area contributed by atoms with E-state index in [1.165, 1.54) is 0 Å². The van der Waals surface area contributed by atoms with Gasteiger partial charge in [0.05, 0.1) is 5.41 Å². The van der Waals surface area contributed by atoms with Gasteiger partial charge in [0.2, 0.25) is 5.91 Å². The third-order valence-electron chi connectivity index (χ3n) is 3.99. The molecule has 1 fully saturated rings. The highest BCUT2D eigenvalue weighted by Crippen LogP contribution is 2.40. The number of carbonyl (C=O) groups excluding carboxylic acids is 2. The van der Waals surface area contributed by atoms with E-state index in [9.17, 15) is 9.59 Å². The molecule has 1 aromatic carbocycles. The molecule has 2 rings (SSSR count). The molecule has 0 atom stereocenters. The van der Waals surface area contributed by atoms with Crippen LogP contribution in [0.25, 0.3) is 0 Å². The number of rotatable bonds is 5. The van der Waals surface area contributed by atoms with Gasteiger partial charge in [-0.3, -0.25) is 9.59 Å². The van der Waals surface area contributed by atoms with Gasteiger partial charge in [-0.25, -0.2) is 0 Å². The standard InChI is InChI=1S/C16H23N3O2/c1-11(2)18-14(20)12-5-3-6-13(9-12)19-15(21)16(10-17)7-4-8-16/h3,5-6,9,11H,4,7-8,10,17H2,1-2H3,(H,18,20)(H,19,21). The van der Waals surface area contributed by atoms with Crippen molar-refractivity contribution in [2.75, 3.05) is 11.9 Å². The van der Waals surface area contributed by atoms with Crippen molar-refractivity contribution >= 4 is 17.5 Å². The molecule has 114 valence electrons. The first-order valence-corrected chi connectivity index (χ1v) is 7.39. The average molecular weight is 289 g/mol. The van der Waals surface area contributed by atoms with E-state index in [-0.39, 0.29) is 17.9 Å². The van der Waals surface area contributed by atoms with Crippen molar-refractivity contribution in [2.24, 2.45) is 11.1 Å². The first kappa shape index (κ1) is 15.5. The molecule has 0 aliphatic heterocycles. The Labute approximate surface area is 125 Å². The molecule has 0 radical (unpaired) electrons. The van der Waals surface area contributed by atoms with Gasteiger partial charge in [0.1, 0.15) is 0 Å². The summed E-state index contributed by atoms with van der Waals surface area (Å²) in [4.78, 5) is 24.3. The summed E-state index contributed by atoms with van der Waals surface area (Å²) in [5.41, 5.74) is 6.49. The first-order chi connectivity index (χ1) is 9.97. The van der Waals surface area contributed by atoms with Gasteiger partial charge in [-0.2, -0.15) is 0 Å². The van der Waals surface area contributed by atoms with Crippen LogP contribution in [0.1, 0.15) is 43.5 Å². The van der Waals surface area contributed by atoms with Crippen LogP contribution in [0.3, 0.4) is 0 Å². The van der Waals surface area contributed by atoms with Crippen LogP contribution < -0.4 is 16.4 Å². The fourth-order valence-corrected chi connectivity index (χ4v) is 2.47. The van der Waals surface area contributed by atoms with E-state index in [0.29, 0.717) is 17.8 Å². The minimum atomic E-state index is -0.420. The monoisotopic (exact) mass is 289 g/mol. The predicted molar refractivity (Wildman–Crippen MR) is 83.0 cm³/mol. The van der Waals surface area contributed by atoms with Crippen LogP contribution in [0.2, 0.25) is 0 Å². The third-order valence-corrected chi connectivity index (χ3v) is 3.99. The maximum Gasteiger partial charge on any atom is 0.251 e. The van der Waals surface area contributed by atoms with Gasteiger partial charge >= 0.3 is 0 Å². The Morgan fingerprint density at radius 3 is 2.57 bits per heavy atom. The minimum absolute atomic E-state index is 0.0438. The Morgan fingerprint density at radius 1 is 1.33 bits per heavy atom. The van der Waals surface area contributed by atoms with Crippen molar-refractivity contribution in [3.05, 3.63) is 29.8 Å². The van der Waals surface area contributed by atoms with E-state index in [0.717, 1.165) is 19.3 Å². The van der Waals surface area contributed by atoms with E-state index >= 15 is 0 Å². The summed E-state index contributed by atoms with van der Waals surface area (Å²) in [5.74, 6) is -0.184. The molecule has 0 aromatic heterocycles. The molecular formula is C16H23N3O2. The van der Waals surface area contributed by atoms with Crippen LogP contribution in [0.15, 0.2) is 24.3 Å². The summed E-state index contributed by atoms with van der Waals surface area (Å²) in [5, 5.41) is 5.72. The third kappa shape index (κ3) is 3.42. The fraction of sp³-hybridized carbons (Fsp3) is 0.500. The first-order valence-electron chi connectivity index (χ1n) is 7.39. The van der Waals surface area contributed by atoms with Crippen molar-refractivity contribution in [1.82, 2.24) is 5.32 Å². The highest BCUT2D eigenvalue weighted by molar-refractivity contribution is 5.99. The van der Waals surface area contributed by atoms with Crippen LogP contribution in [0, 0.1) is 5.41 Å². The normalized spacial score (nSPS) is 16.2. The number of anilines is 1. The molecule has 2 amide bonds. The molecule has 21 heavy (non-hydrogen) atoms. The Bertz CT molecular complexity index is 531. The highest BCUT2D eigenvalue weighted by Gasteiger charge is 2.42. The molecule has 4 N–H and O–H groups in total. The van der Waals surface area contributed by atoms with Crippen LogP contribution in [-0.2, 0) is 4.79 Å². The van der Waals surface area contributed by atoms with Crippen LogP contribution in [0.5, 0.6) is 0 Å². The molecule has 0 heterocycles. The molecule has 5 heteroatoms. The zero-order valence-corrected chi connectivity index (χ0v) is 12.6. The number of nitrogens with two attached hydrogens (primary N) is 1. The maximum absolute atomic E-state index is 12.3. The van der Waals surface area contributed by atoms with Gasteiger partial charge in [-0.1, -0.05) is 12.5 Å². The Hall–Kier alpha value is -1.88. The summed E-state index contributed by atoms with van der Waals surface area (Å²) in [7, 11) is 0. The fourth-order valence-electron chi connectivity index (χ4n) is 2.47. The van der Waals surface area contributed by atoms with Gasteiger partial charge in [0, 0.05) is 23.8 Å². The lowest BCUT2D eigenvalue weighted by atomic mass is 9.68. The van der Waals surface area contributed by atoms with Gasteiger partial charge in [-0.05, 0) is 44.9 Å². The molecule has 0 spiro atoms. The molecule has 0 bridgehead atoms. The second-order valence-electron chi connectivity index (χ2n) is 6.00. The summed E-state index contributed by atoms with van der Waals surface area (Å²) in [6.45, 7) is 4.18. The van der Waals surface area contributed by atoms with E-state index in [2.05, 4.69) is 10.6 Å². The SMILES string of the molecule is CC(C)NC(=O)c1cccc(NC(=O)C2(CN)CCC2)c1. The van der Waals surface area contributed by atoms with E-state index in [1.807, 2.05) is 13.8 Å². The quantitative estimate of drug-likeness (QED) is 0.774. The van der Waals surface area contributed by atoms with Crippen molar-refractivity contribution in [3.8, 4) is 0 Å². The summed E-state index contributed by atoms with van der Waals surface area (Å²) >= 11 is 0. The Morgan fingerprint density at radius 2 is 2.05 bits per heavy atom. The van der Waals surface area contributed by atoms with E-state index < -0.39 is 5.41 Å². The highest BCUT2D eigenvalue weighted by atomic mass is 16.2. The lowest BCUT2D eigenvalue weighted by Crippen LogP contribution is -2.47. The molecule has 1 aromatic rings. The molecule has 5 nitrogen and oxygen atoms in total. The van der Waals surface area contributed by atoms with E-state index in [4.69, 9.17) is 5.73 Å². The lowest BCUT2D eigenvalue weighted by Gasteiger charge is -2.39. The van der Waals surface area contributed by atoms with Gasteiger partial charge < -0.3 is 16.4 Å². The van der Waals surface area contributed by atoms with E-state index in [1.54, 1.807) is 24.3 Å². The molecule has 0 unspecified atom stereocenters. The molecule has 1 saturated carbocycles. The Kier molecular flexibility index (Phi) is 4.63. The number of hydrogen-bond donors (Lipinski definition) is 3. The molecular weight excluding hydrogens is 266 g/mol. The zero-order valence-electron chi connectivity index (χ0n) is 12.6. The molecule has 0 saturated heterocycles. The lowest BCUT2D eigenvalue weighted by molar-refractivity contribution is -0.129. The van der Waals surface area contributed by atoms with Gasteiger partial charge in [-0.15, -0.1) is 0 Å². The second kappa shape index (κ2) is 6.26. The minimum Gasteiger partial charge on any atom is -0.350 e. The summed E-state index contributed by atoms with van der Waals surface area (Å²) in [6, 6.07) is 7.05. The Balaban J connectivity index is 2.07. The smallest absolute Gasteiger partial charge is 0.251 e. The van der Waals surface area contributed by atoms with Gasteiger partial charge in [0.15, 0.2) is 0 Å². The molecule has 1 aliphatic rings. The van der Waals surface area contributed by atoms with Crippen molar-refractivity contribution in [2.45, 2.75) is 39.2 Å². The summed E-state index contributed by atoms with van der Waals surface area (Å²) < 4.78 is 0. The van der Waals surface area contributed by atoms with Crippen LogP contribution >= 0.6 is 0 Å². The number of benzene rings is 1. The average Bonchev–Trinajstić information content (AvgIpc) is 2.37. The largest absolute Gasteiger partial charge is 0.350 e. The number of hydrogen-bond acceptors (Lipinski definition) is 3. The second-order valence-corrected chi connectivity index (χ2v) is 6.00. The summed E-state index contributed by atoms with van der Waals surface area (Å²) in [6.07, 6.45) is 2.72. The molecule has 1 aliphatic carbocycles. The number of carbonyl (C=O) groups is 2. The van der Waals surface area contributed by atoms with Crippen molar-refractivity contribution in [1.29, 1.82) is 0 Å². The number of amides is 2. The predicted octanol–water partition coefficient (Wildman–Crippen LogP) is 1.89. The zero-order chi connectivity index (χ0) is 15.5.